The highest BCUT2D eigenvalue weighted by molar-refractivity contribution is 5.90. The minimum Gasteiger partial charge on any atom is -0.444 e. The van der Waals surface area contributed by atoms with E-state index in [-0.39, 0.29) is 55.9 Å². The lowest BCUT2D eigenvalue weighted by Crippen LogP contribution is -2.49. The van der Waals surface area contributed by atoms with E-state index in [0.717, 1.165) is 0 Å². The van der Waals surface area contributed by atoms with Crippen LogP contribution in [0.2, 0.25) is 0 Å². The lowest BCUT2D eigenvalue weighted by atomic mass is 9.95. The highest BCUT2D eigenvalue weighted by atomic mass is 19.1. The number of hydrogen-bond acceptors (Lipinski definition) is 9. The SMILES string of the molecule is CC(C)(C)OC(=O)N1C[C@@H](F)C[C@H]1C(=O)N1CC2C(C1)C2(C#N)c1ccc(-c2ccc(N3C[C@H](Cn4ccnn4)OC3=O)cc2F)cn1. The van der Waals surface area contributed by atoms with E-state index in [4.69, 9.17) is 9.47 Å². The number of cyclic esters (lactones) is 1. The Hall–Kier alpha value is -5.13. The Morgan fingerprint density at radius 3 is 2.54 bits per heavy atom. The minimum atomic E-state index is -1.33. The van der Waals surface area contributed by atoms with E-state index in [2.05, 4.69) is 21.4 Å². The van der Waals surface area contributed by atoms with Crippen molar-refractivity contribution in [1.82, 2.24) is 29.8 Å². The van der Waals surface area contributed by atoms with Crippen molar-refractivity contribution in [3.8, 4) is 17.2 Å². The molecular formula is C33H34F2N8O5. The number of halogens is 2. The number of fused-ring (bicyclic) bond motifs is 1. The van der Waals surface area contributed by atoms with Crippen molar-refractivity contribution in [2.45, 2.75) is 63.1 Å². The molecule has 48 heavy (non-hydrogen) atoms. The van der Waals surface area contributed by atoms with Crippen molar-refractivity contribution in [3.05, 3.63) is 60.4 Å². The second-order valence-electron chi connectivity index (χ2n) is 13.8. The van der Waals surface area contributed by atoms with Crippen molar-refractivity contribution in [1.29, 1.82) is 5.26 Å². The molecule has 5 atom stereocenters. The third-order valence-corrected chi connectivity index (χ3v) is 9.54. The van der Waals surface area contributed by atoms with Crippen molar-refractivity contribution < 1.29 is 32.6 Å². The van der Waals surface area contributed by atoms with Gasteiger partial charge in [0.15, 0.2) is 0 Å². The van der Waals surface area contributed by atoms with Crippen molar-refractivity contribution in [3.63, 3.8) is 0 Å². The predicted octanol–water partition coefficient (Wildman–Crippen LogP) is 3.70. The number of aromatic nitrogens is 4. The summed E-state index contributed by atoms with van der Waals surface area (Å²) in [5, 5.41) is 17.9. The summed E-state index contributed by atoms with van der Waals surface area (Å²) in [7, 11) is 0. The summed E-state index contributed by atoms with van der Waals surface area (Å²) in [5.41, 5.74) is -0.0251. The number of ether oxygens (including phenoxy) is 2. The van der Waals surface area contributed by atoms with E-state index in [1.807, 2.05) is 0 Å². The van der Waals surface area contributed by atoms with E-state index < -0.39 is 47.3 Å². The molecule has 2 unspecified atom stereocenters. The number of alkyl halides is 1. The lowest BCUT2D eigenvalue weighted by Gasteiger charge is -2.31. The highest BCUT2D eigenvalue weighted by Gasteiger charge is 2.71. The van der Waals surface area contributed by atoms with Gasteiger partial charge in [-0.2, -0.15) is 5.26 Å². The summed E-state index contributed by atoms with van der Waals surface area (Å²) in [6, 6.07) is 9.34. The van der Waals surface area contributed by atoms with Gasteiger partial charge in [-0.15, -0.1) is 5.10 Å². The van der Waals surface area contributed by atoms with Crippen LogP contribution in [0, 0.1) is 29.0 Å². The van der Waals surface area contributed by atoms with Crippen molar-refractivity contribution in [2.24, 2.45) is 11.8 Å². The van der Waals surface area contributed by atoms with E-state index >= 15 is 4.39 Å². The first-order valence-electron chi connectivity index (χ1n) is 15.8. The summed E-state index contributed by atoms with van der Waals surface area (Å²) in [6.07, 6.45) is 1.52. The van der Waals surface area contributed by atoms with E-state index in [1.165, 1.54) is 28.3 Å². The zero-order chi connectivity index (χ0) is 34.0. The molecule has 0 radical (unpaired) electrons. The standard InChI is InChI=1S/C33H34F2N8O5/c1-32(2,3)48-31(46)43-13-20(34)10-27(43)29(44)40-16-24-25(17-40)33(24,18-36)28-7-4-19(12-37-28)23-6-5-21(11-26(23)35)42-15-22(47-30(42)45)14-41-9-8-38-39-41/h4-9,11-12,20,22,24-25,27H,10,13-17H2,1-3H3/t20-,22-,24?,25?,27-,33?/m0/s1. The lowest BCUT2D eigenvalue weighted by molar-refractivity contribution is -0.135. The number of rotatable bonds is 6. The largest absolute Gasteiger partial charge is 0.444 e. The molecule has 0 N–H and O–H groups in total. The van der Waals surface area contributed by atoms with Crippen LogP contribution in [-0.4, -0.2) is 98.0 Å². The third kappa shape index (κ3) is 5.48. The molecule has 1 aromatic carbocycles. The van der Waals surface area contributed by atoms with Crippen LogP contribution in [-0.2, 0) is 26.2 Å². The monoisotopic (exact) mass is 660 g/mol. The zero-order valence-corrected chi connectivity index (χ0v) is 26.6. The number of likely N-dealkylation sites (tertiary alicyclic amines) is 2. The fourth-order valence-corrected chi connectivity index (χ4v) is 7.24. The number of amides is 3. The Balaban J connectivity index is 1.00. The molecule has 4 fully saturated rings. The predicted molar refractivity (Wildman–Crippen MR) is 164 cm³/mol. The molecule has 15 heteroatoms. The molecule has 7 rings (SSSR count). The van der Waals surface area contributed by atoms with Crippen molar-refractivity contribution >= 4 is 23.8 Å². The quantitative estimate of drug-likeness (QED) is 0.386. The van der Waals surface area contributed by atoms with Crippen LogP contribution in [0.3, 0.4) is 0 Å². The zero-order valence-electron chi connectivity index (χ0n) is 26.6. The molecular weight excluding hydrogens is 626 g/mol. The molecule has 3 aromatic rings. The van der Waals surface area contributed by atoms with E-state index in [0.29, 0.717) is 23.5 Å². The summed E-state index contributed by atoms with van der Waals surface area (Å²) < 4.78 is 42.1. The Kier molecular flexibility index (Phi) is 7.56. The molecule has 250 valence electrons. The number of carbonyl (C=O) groups is 3. The van der Waals surface area contributed by atoms with Gasteiger partial charge in [0.25, 0.3) is 0 Å². The second kappa shape index (κ2) is 11.5. The van der Waals surface area contributed by atoms with Crippen molar-refractivity contribution in [2.75, 3.05) is 31.1 Å². The number of anilines is 1. The fraction of sp³-hybridized carbons (Fsp3) is 0.485. The summed E-state index contributed by atoms with van der Waals surface area (Å²) >= 11 is 0. The first-order chi connectivity index (χ1) is 22.9. The van der Waals surface area contributed by atoms with Gasteiger partial charge in [0.2, 0.25) is 5.91 Å². The molecule has 1 aliphatic carbocycles. The first-order valence-corrected chi connectivity index (χ1v) is 15.8. The Morgan fingerprint density at radius 2 is 1.92 bits per heavy atom. The van der Waals surface area contributed by atoms with Gasteiger partial charge in [-0.1, -0.05) is 11.3 Å². The summed E-state index contributed by atoms with van der Waals surface area (Å²) in [4.78, 5) is 47.4. The van der Waals surface area contributed by atoms with Gasteiger partial charge in [0.05, 0.1) is 43.3 Å². The average Bonchev–Trinajstić information content (AvgIpc) is 3.67. The van der Waals surface area contributed by atoms with Crippen LogP contribution < -0.4 is 4.90 Å². The molecule has 1 saturated carbocycles. The van der Waals surface area contributed by atoms with Crippen LogP contribution in [0.15, 0.2) is 48.9 Å². The van der Waals surface area contributed by atoms with Gasteiger partial charge in [-0.25, -0.2) is 23.1 Å². The molecule has 13 nitrogen and oxygen atoms in total. The normalized spacial score (nSPS) is 27.9. The summed E-state index contributed by atoms with van der Waals surface area (Å²) in [6.45, 7) is 6.04. The van der Waals surface area contributed by atoms with Crippen LogP contribution in [0.5, 0.6) is 0 Å². The number of piperidine rings is 1. The Labute approximate surface area is 275 Å². The number of nitriles is 1. The smallest absolute Gasteiger partial charge is 0.414 e. The highest BCUT2D eigenvalue weighted by Crippen LogP contribution is 2.63. The van der Waals surface area contributed by atoms with Gasteiger partial charge < -0.3 is 14.4 Å². The molecule has 3 amide bonds. The van der Waals surface area contributed by atoms with Crippen LogP contribution in [0.4, 0.5) is 24.1 Å². The average molecular weight is 661 g/mol. The fourth-order valence-electron chi connectivity index (χ4n) is 7.24. The second-order valence-corrected chi connectivity index (χ2v) is 13.8. The maximum Gasteiger partial charge on any atom is 0.414 e. The molecule has 4 aliphatic rings. The number of nitrogens with zero attached hydrogens (tertiary/aromatic N) is 8. The summed E-state index contributed by atoms with van der Waals surface area (Å²) in [5.74, 6) is -1.25. The minimum absolute atomic E-state index is 0.0967. The molecule has 2 aromatic heterocycles. The Morgan fingerprint density at radius 1 is 1.15 bits per heavy atom. The van der Waals surface area contributed by atoms with Gasteiger partial charge >= 0.3 is 12.2 Å². The van der Waals surface area contributed by atoms with E-state index in [9.17, 15) is 24.0 Å². The third-order valence-electron chi connectivity index (χ3n) is 9.54. The molecule has 5 heterocycles. The van der Waals surface area contributed by atoms with Crippen LogP contribution in [0.25, 0.3) is 11.1 Å². The number of pyridine rings is 1. The van der Waals surface area contributed by atoms with Gasteiger partial charge in [0.1, 0.15) is 35.2 Å². The maximum absolute atomic E-state index is 15.4. The molecule has 0 spiro atoms. The van der Waals surface area contributed by atoms with Gasteiger partial charge in [-0.05, 0) is 45.0 Å². The number of carbonyl (C=O) groups excluding carboxylic acids is 3. The Bertz CT molecular complexity index is 1780. The van der Waals surface area contributed by atoms with Gasteiger partial charge in [-0.3, -0.25) is 19.6 Å². The maximum atomic E-state index is 15.4. The van der Waals surface area contributed by atoms with Crippen LogP contribution >= 0.6 is 0 Å². The van der Waals surface area contributed by atoms with Crippen LogP contribution in [0.1, 0.15) is 32.9 Å². The topological polar surface area (TPSA) is 147 Å². The molecule has 3 aliphatic heterocycles. The number of hydrogen-bond donors (Lipinski definition) is 0. The number of benzene rings is 1. The molecule has 0 bridgehead atoms. The van der Waals surface area contributed by atoms with E-state index in [1.54, 1.807) is 60.8 Å². The molecule has 3 saturated heterocycles. The van der Waals surface area contributed by atoms with Gasteiger partial charge in [0, 0.05) is 54.9 Å². The first kappa shape index (κ1) is 31.5.